The molecule has 11 nitrogen and oxygen atoms in total. The van der Waals surface area contributed by atoms with Crippen LogP contribution < -0.4 is 15.5 Å². The van der Waals surface area contributed by atoms with Gasteiger partial charge in [0.2, 0.25) is 34.8 Å². The number of hydrogen-bond acceptors (Lipinski definition) is 9. The number of halogens is 5. The normalized spacial score (nSPS) is 10.8. The maximum Gasteiger partial charge on any atom is 0.488 e. The molecule has 0 aliphatic heterocycles. The first-order valence-corrected chi connectivity index (χ1v) is 13.7. The molecule has 18 heteroatoms. The van der Waals surface area contributed by atoms with Crippen LogP contribution in [0, 0.1) is 39.2 Å². The van der Waals surface area contributed by atoms with Crippen molar-refractivity contribution >= 4 is 38.3 Å². The highest BCUT2D eigenvalue weighted by molar-refractivity contribution is 7.51. The number of hydrogen-bond donors (Lipinski definition) is 4. The first-order chi connectivity index (χ1) is 19.2. The Hall–Kier alpha value is -3.24. The number of aliphatic hydroxyl groups is 1. The van der Waals surface area contributed by atoms with E-state index in [4.69, 9.17) is 19.7 Å². The largest absolute Gasteiger partial charge is 0.488 e. The number of rotatable bonds is 11. The van der Waals surface area contributed by atoms with E-state index >= 15 is 0 Å². The van der Waals surface area contributed by atoms with E-state index < -0.39 is 73.5 Å². The monoisotopic (exact) mass is 614 g/mol. The molecule has 0 heterocycles. The Kier molecular flexibility index (Phi) is 17.5. The molecule has 0 aliphatic carbocycles. The number of unbranched alkanes of at least 4 members (excludes halogenated alkanes) is 1. The molecule has 0 aromatic heterocycles. The lowest BCUT2D eigenvalue weighted by Gasteiger charge is -2.11. The van der Waals surface area contributed by atoms with Gasteiger partial charge in [-0.1, -0.05) is 27.2 Å². The molecule has 0 bridgehead atoms. The van der Waals surface area contributed by atoms with Crippen LogP contribution in [-0.4, -0.2) is 65.2 Å². The summed E-state index contributed by atoms with van der Waals surface area (Å²) in [7, 11) is -3.22. The second kappa shape index (κ2) is 19.0. The highest BCUT2D eigenvalue weighted by Gasteiger charge is 2.28. The molecule has 1 amide bonds. The summed E-state index contributed by atoms with van der Waals surface area (Å²) in [5, 5.41) is 40.1. The van der Waals surface area contributed by atoms with Crippen LogP contribution in [0.2, 0.25) is 0 Å². The Morgan fingerprint density at radius 3 is 2.02 bits per heavy atom. The standard InChI is InChI=1S/C11H15BN2O5.C10H8F5O4P.C2H6/c1-2-3-4-13-11(15)8-5-9(12(16)17)7-10(6-8)14(18)19;1-20(3-16)18-2-4(17)19-10-8(14)6(12)5(11)7(13)9(10)15;1-2/h5-7,16-17H,2-4H2,1H3,(H,13,15);16H,2-3H2,1H3;1-2H3. The molecular weight excluding hydrogens is 585 g/mol. The summed E-state index contributed by atoms with van der Waals surface area (Å²) in [4.78, 5) is 33.0. The van der Waals surface area contributed by atoms with E-state index in [1.54, 1.807) is 0 Å². The average Bonchev–Trinajstić information content (AvgIpc) is 2.97. The van der Waals surface area contributed by atoms with Gasteiger partial charge in [0.1, 0.15) is 6.61 Å². The number of amides is 1. The van der Waals surface area contributed by atoms with Crippen molar-refractivity contribution in [2.75, 3.05) is 26.2 Å². The fraction of sp³-hybridized carbons (Fsp3) is 0.391. The van der Waals surface area contributed by atoms with E-state index in [0.717, 1.165) is 25.0 Å². The van der Waals surface area contributed by atoms with Crippen molar-refractivity contribution in [3.8, 4) is 5.75 Å². The molecule has 41 heavy (non-hydrogen) atoms. The highest BCUT2D eigenvalue weighted by atomic mass is 31.1. The Bertz CT molecular complexity index is 1170. The molecule has 0 saturated heterocycles. The molecule has 0 spiro atoms. The van der Waals surface area contributed by atoms with Crippen molar-refractivity contribution in [3.05, 3.63) is 63.0 Å². The Balaban J connectivity index is 0.000000737. The third-order valence-electron chi connectivity index (χ3n) is 4.51. The highest BCUT2D eigenvalue weighted by Crippen LogP contribution is 2.31. The van der Waals surface area contributed by atoms with Gasteiger partial charge in [0, 0.05) is 24.2 Å². The van der Waals surface area contributed by atoms with Crippen molar-refractivity contribution in [3.63, 3.8) is 0 Å². The predicted octanol–water partition coefficient (Wildman–Crippen LogP) is 3.11. The molecule has 0 saturated carbocycles. The molecule has 1 unspecified atom stereocenters. The van der Waals surface area contributed by atoms with Crippen LogP contribution in [0.3, 0.4) is 0 Å². The minimum atomic E-state index is -2.35. The van der Waals surface area contributed by atoms with Gasteiger partial charge in [0.05, 0.1) is 19.4 Å². The molecule has 4 N–H and O–H groups in total. The van der Waals surface area contributed by atoms with Crippen molar-refractivity contribution in [1.29, 1.82) is 0 Å². The molecular formula is C23H29BF5N2O9P. The summed E-state index contributed by atoms with van der Waals surface area (Å²) in [5.41, 5.74) is -0.408. The number of esters is 1. The van der Waals surface area contributed by atoms with E-state index in [0.29, 0.717) is 6.54 Å². The third-order valence-corrected chi connectivity index (χ3v) is 5.48. The van der Waals surface area contributed by atoms with Crippen LogP contribution in [0.5, 0.6) is 5.75 Å². The molecule has 2 aromatic rings. The van der Waals surface area contributed by atoms with Gasteiger partial charge in [-0.05, 0) is 24.6 Å². The summed E-state index contributed by atoms with van der Waals surface area (Å²) in [6.07, 6.45) is 1.34. The minimum Gasteiger partial charge on any atom is -0.423 e. The van der Waals surface area contributed by atoms with E-state index in [9.17, 15) is 41.7 Å². The van der Waals surface area contributed by atoms with Crippen molar-refractivity contribution < 1.29 is 60.9 Å². The quantitative estimate of drug-likeness (QED) is 0.0284. The second-order valence-corrected chi connectivity index (χ2v) is 9.27. The Morgan fingerprint density at radius 1 is 1.02 bits per heavy atom. The molecule has 0 fully saturated rings. The molecule has 1 atom stereocenters. The lowest BCUT2D eigenvalue weighted by Crippen LogP contribution is -2.32. The number of non-ortho nitro benzene ring substituents is 1. The summed E-state index contributed by atoms with van der Waals surface area (Å²) in [5.74, 6) is -14.8. The van der Waals surface area contributed by atoms with Gasteiger partial charge < -0.3 is 29.7 Å². The number of nitro benzene ring substituents is 1. The van der Waals surface area contributed by atoms with E-state index in [1.165, 1.54) is 12.7 Å². The molecule has 2 aromatic carbocycles. The number of benzene rings is 2. The molecule has 0 radical (unpaired) electrons. The van der Waals surface area contributed by atoms with Crippen molar-refractivity contribution in [2.45, 2.75) is 33.6 Å². The van der Waals surface area contributed by atoms with Crippen molar-refractivity contribution in [1.82, 2.24) is 5.32 Å². The number of nitrogens with zero attached hydrogens (tertiary/aromatic N) is 1. The molecule has 2 rings (SSSR count). The summed E-state index contributed by atoms with van der Waals surface area (Å²) >= 11 is 0. The fourth-order valence-electron chi connectivity index (χ4n) is 2.52. The van der Waals surface area contributed by atoms with Crippen molar-refractivity contribution in [2.24, 2.45) is 0 Å². The number of ether oxygens (including phenoxy) is 1. The van der Waals surface area contributed by atoms with Gasteiger partial charge in [-0.25, -0.2) is 18.0 Å². The van der Waals surface area contributed by atoms with Crippen LogP contribution in [-0.2, 0) is 9.32 Å². The first kappa shape index (κ1) is 37.8. The van der Waals surface area contributed by atoms with Gasteiger partial charge in [-0.2, -0.15) is 8.78 Å². The van der Waals surface area contributed by atoms with Crippen LogP contribution >= 0.6 is 8.15 Å². The maximum atomic E-state index is 13.2. The maximum absolute atomic E-state index is 13.2. The lowest BCUT2D eigenvalue weighted by molar-refractivity contribution is -0.384. The predicted molar refractivity (Wildman–Crippen MR) is 139 cm³/mol. The number of carbonyl (C=O) groups is 2. The first-order valence-electron chi connectivity index (χ1n) is 11.9. The Morgan fingerprint density at radius 2 is 1.56 bits per heavy atom. The SMILES string of the molecule is CC.CCCCNC(=O)c1cc(B(O)O)cc([N+](=O)[O-])c1.CP(CO)OCC(=O)Oc1c(F)c(F)c(F)c(F)c1F. The number of aliphatic hydroxyl groups excluding tert-OH is 1. The zero-order valence-electron chi connectivity index (χ0n) is 22.4. The zero-order valence-corrected chi connectivity index (χ0v) is 23.3. The lowest BCUT2D eigenvalue weighted by atomic mass is 9.79. The van der Waals surface area contributed by atoms with E-state index in [-0.39, 0.29) is 23.1 Å². The van der Waals surface area contributed by atoms with Gasteiger partial charge in [0.25, 0.3) is 11.6 Å². The van der Waals surface area contributed by atoms with Gasteiger partial charge in [0.15, 0.2) is 0 Å². The smallest absolute Gasteiger partial charge is 0.423 e. The molecule has 228 valence electrons. The summed E-state index contributed by atoms with van der Waals surface area (Å²) in [6, 6.07) is 3.35. The second-order valence-electron chi connectivity index (χ2n) is 7.47. The van der Waals surface area contributed by atoms with Crippen LogP contribution in [0.15, 0.2) is 18.2 Å². The van der Waals surface area contributed by atoms with Gasteiger partial charge >= 0.3 is 13.1 Å². The third kappa shape index (κ3) is 12.0. The van der Waals surface area contributed by atoms with Gasteiger partial charge in [-0.15, -0.1) is 0 Å². The van der Waals surface area contributed by atoms with E-state index in [1.807, 2.05) is 20.8 Å². The van der Waals surface area contributed by atoms with Gasteiger partial charge in [-0.3, -0.25) is 14.9 Å². The zero-order chi connectivity index (χ0) is 31.9. The number of nitro groups is 1. The molecule has 0 aliphatic rings. The topological polar surface area (TPSA) is 168 Å². The van der Waals surface area contributed by atoms with Crippen LogP contribution in [0.4, 0.5) is 27.6 Å². The number of nitrogens with one attached hydrogen (secondary N) is 1. The fourth-order valence-corrected chi connectivity index (χ4v) is 2.93. The summed E-state index contributed by atoms with van der Waals surface area (Å²) in [6.45, 7) is 7.08. The number of carbonyl (C=O) groups excluding carboxylic acids is 2. The minimum absolute atomic E-state index is 0.0356. The van der Waals surface area contributed by atoms with Crippen LogP contribution in [0.1, 0.15) is 44.0 Å². The van der Waals surface area contributed by atoms with E-state index in [2.05, 4.69) is 10.1 Å². The Labute approximate surface area is 233 Å². The summed E-state index contributed by atoms with van der Waals surface area (Å²) < 4.78 is 73.4. The average molecular weight is 614 g/mol. The van der Waals surface area contributed by atoms with Crippen LogP contribution in [0.25, 0.3) is 0 Å².